The number of allylic oxidation sites excluding steroid dienone is 2. The molecule has 2 aliphatic heterocycles. The van der Waals surface area contributed by atoms with Crippen molar-refractivity contribution in [2.45, 2.75) is 130 Å². The lowest BCUT2D eigenvalue weighted by molar-refractivity contribution is -0.278. The fourth-order valence-electron chi connectivity index (χ4n) is 6.53. The van der Waals surface area contributed by atoms with Crippen LogP contribution >= 0.6 is 0 Å². The second kappa shape index (κ2) is 7.93. The summed E-state index contributed by atoms with van der Waals surface area (Å²) in [7, 11) is 0. The van der Waals surface area contributed by atoms with Gasteiger partial charge in [-0.05, 0) is 25.7 Å². The molecule has 6 aliphatic rings. The number of halogens is 7. The molecule has 2 saturated heterocycles. The zero-order valence-corrected chi connectivity index (χ0v) is 19.2. The molecule has 6 nitrogen and oxygen atoms in total. The van der Waals surface area contributed by atoms with Gasteiger partial charge in [0.1, 0.15) is 30.5 Å². The van der Waals surface area contributed by atoms with E-state index in [4.69, 9.17) is 23.7 Å². The van der Waals surface area contributed by atoms with E-state index in [2.05, 4.69) is 0 Å². The number of ether oxygens (including phenoxy) is 5. The average Bonchev–Trinajstić information content (AvgIpc) is 3.40. The van der Waals surface area contributed by atoms with Crippen molar-refractivity contribution in [3.63, 3.8) is 0 Å². The quantitative estimate of drug-likeness (QED) is 0.519. The lowest BCUT2D eigenvalue weighted by Gasteiger charge is -2.41. The van der Waals surface area contributed by atoms with Crippen LogP contribution in [0.15, 0.2) is 11.6 Å². The highest BCUT2D eigenvalue weighted by Gasteiger charge is 2.83. The molecule has 0 aromatic heterocycles. The van der Waals surface area contributed by atoms with Crippen molar-refractivity contribution in [1.29, 1.82) is 0 Å². The maximum absolute atomic E-state index is 14.5. The van der Waals surface area contributed by atoms with Crippen molar-refractivity contribution >= 4 is 0 Å². The van der Waals surface area contributed by atoms with E-state index >= 15 is 0 Å². The Bertz CT molecular complexity index is 888. The lowest BCUT2D eigenvalue weighted by atomic mass is 9.85. The molecule has 0 amide bonds. The van der Waals surface area contributed by atoms with Crippen molar-refractivity contribution in [1.82, 2.24) is 0 Å². The Hall–Kier alpha value is -1.15. The van der Waals surface area contributed by atoms with Crippen molar-refractivity contribution in [3.8, 4) is 0 Å². The zero-order chi connectivity index (χ0) is 25.7. The van der Waals surface area contributed by atoms with E-state index in [1.165, 1.54) is 0 Å². The maximum atomic E-state index is 14.5. The first-order chi connectivity index (χ1) is 16.8. The molecule has 1 N–H and O–H groups in total. The summed E-state index contributed by atoms with van der Waals surface area (Å²) in [6, 6.07) is 0. The van der Waals surface area contributed by atoms with Crippen LogP contribution < -0.4 is 0 Å². The minimum absolute atomic E-state index is 0.407. The van der Waals surface area contributed by atoms with Gasteiger partial charge in [0, 0.05) is 25.7 Å². The van der Waals surface area contributed by atoms with Crippen LogP contribution in [0.3, 0.4) is 0 Å². The molecular weight excluding hydrogens is 505 g/mol. The van der Waals surface area contributed by atoms with E-state index < -0.39 is 77.6 Å². The highest BCUT2D eigenvalue weighted by Crippen LogP contribution is 2.61. The van der Waals surface area contributed by atoms with Crippen molar-refractivity contribution in [3.05, 3.63) is 11.6 Å². The monoisotopic (exact) mass is 532 g/mol. The smallest absolute Gasteiger partial charge is 0.386 e. The number of hydrogen-bond acceptors (Lipinski definition) is 6. The van der Waals surface area contributed by atoms with Crippen LogP contribution in [0, 0.1) is 0 Å². The standard InChI is InChI=1S/C23H27F7O6/c24-17-18(22(27,28)23(29,30)21(17,25)26)32-14-15-12(33-19(35-15)7-3-1-4-8-19)11(31)13-16(14)36-20(34-13)9-5-2-6-10-20/h11-16,31H,1-10H2/t11?,12-,13+,14?,15-,16-/m0/s1. The summed E-state index contributed by atoms with van der Waals surface area (Å²) in [5, 5.41) is 11.1. The number of hydrogen-bond donors (Lipinski definition) is 1. The second-order valence-corrected chi connectivity index (χ2v) is 10.7. The first kappa shape index (κ1) is 25.1. The molecule has 4 aliphatic carbocycles. The Morgan fingerprint density at radius 3 is 1.44 bits per heavy atom. The predicted octanol–water partition coefficient (Wildman–Crippen LogP) is 4.74. The molecule has 204 valence electrons. The van der Waals surface area contributed by atoms with Gasteiger partial charge in [-0.1, -0.05) is 12.8 Å². The third-order valence-corrected chi connectivity index (χ3v) is 8.41. The van der Waals surface area contributed by atoms with Gasteiger partial charge in [-0.15, -0.1) is 0 Å². The third-order valence-electron chi connectivity index (χ3n) is 8.41. The van der Waals surface area contributed by atoms with Gasteiger partial charge in [-0.3, -0.25) is 0 Å². The highest BCUT2D eigenvalue weighted by molar-refractivity contribution is 5.34. The minimum atomic E-state index is -6.04. The minimum Gasteiger partial charge on any atom is -0.480 e. The van der Waals surface area contributed by atoms with E-state index in [9.17, 15) is 35.8 Å². The summed E-state index contributed by atoms with van der Waals surface area (Å²) < 4.78 is 128. The highest BCUT2D eigenvalue weighted by atomic mass is 19.3. The van der Waals surface area contributed by atoms with E-state index in [0.29, 0.717) is 51.4 Å². The SMILES string of the molecule is OC1[C@H]2OC3(CCCCC3)O[C@@H]2C(OC2=C(F)C(F)(F)C(F)(F)C2(F)F)[C@H]2OC3(CCCCC3)O[C@@H]12. The Kier molecular flexibility index (Phi) is 5.54. The number of rotatable bonds is 2. The van der Waals surface area contributed by atoms with E-state index in [0.717, 1.165) is 12.8 Å². The van der Waals surface area contributed by atoms with Gasteiger partial charge in [0.05, 0.1) is 0 Å². The van der Waals surface area contributed by atoms with E-state index in [-0.39, 0.29) is 0 Å². The summed E-state index contributed by atoms with van der Waals surface area (Å²) in [5.41, 5.74) is 0. The summed E-state index contributed by atoms with van der Waals surface area (Å²) in [4.78, 5) is 0. The normalized spacial score (nSPS) is 43.6. The first-order valence-electron chi connectivity index (χ1n) is 12.4. The molecule has 0 radical (unpaired) electrons. The number of aliphatic hydroxyl groups is 1. The van der Waals surface area contributed by atoms with Crippen LogP contribution in [0.5, 0.6) is 0 Å². The Morgan fingerprint density at radius 2 is 1.06 bits per heavy atom. The largest absolute Gasteiger partial charge is 0.480 e. The number of alkyl halides is 6. The predicted molar refractivity (Wildman–Crippen MR) is 105 cm³/mol. The van der Waals surface area contributed by atoms with Crippen LogP contribution in [-0.4, -0.2) is 71.1 Å². The first-order valence-corrected chi connectivity index (χ1v) is 12.4. The maximum Gasteiger partial charge on any atom is 0.386 e. The molecule has 2 heterocycles. The van der Waals surface area contributed by atoms with Gasteiger partial charge in [0.15, 0.2) is 17.7 Å². The van der Waals surface area contributed by atoms with Gasteiger partial charge in [0.25, 0.3) is 0 Å². The fourth-order valence-corrected chi connectivity index (χ4v) is 6.53. The molecule has 6 atom stereocenters. The molecule has 13 heteroatoms. The summed E-state index contributed by atoms with van der Waals surface area (Å²) in [6.07, 6.45) is -2.08. The Labute approximate surface area is 202 Å². The average molecular weight is 532 g/mol. The van der Waals surface area contributed by atoms with Gasteiger partial charge in [0.2, 0.25) is 11.6 Å². The summed E-state index contributed by atoms with van der Waals surface area (Å²) >= 11 is 0. The molecule has 36 heavy (non-hydrogen) atoms. The van der Waals surface area contributed by atoms with Crippen LogP contribution in [0.2, 0.25) is 0 Å². The van der Waals surface area contributed by atoms with E-state index in [1.807, 2.05) is 0 Å². The number of aliphatic hydroxyl groups excluding tert-OH is 1. The lowest BCUT2D eigenvalue weighted by Crippen LogP contribution is -2.62. The number of fused-ring (bicyclic) bond motifs is 2. The molecule has 0 aromatic rings. The van der Waals surface area contributed by atoms with Gasteiger partial charge >= 0.3 is 17.8 Å². The molecule has 3 saturated carbocycles. The molecule has 0 aromatic carbocycles. The summed E-state index contributed by atoms with van der Waals surface area (Å²) in [5.74, 6) is -25.3. The molecule has 5 fully saturated rings. The van der Waals surface area contributed by atoms with Crippen LogP contribution in [0.4, 0.5) is 30.7 Å². The fraction of sp³-hybridized carbons (Fsp3) is 0.913. The van der Waals surface area contributed by atoms with Crippen LogP contribution in [0.1, 0.15) is 64.2 Å². The molecule has 2 unspecified atom stereocenters. The van der Waals surface area contributed by atoms with Crippen LogP contribution in [0.25, 0.3) is 0 Å². The van der Waals surface area contributed by atoms with Gasteiger partial charge in [-0.2, -0.15) is 26.3 Å². The Balaban J connectivity index is 1.38. The van der Waals surface area contributed by atoms with Crippen molar-refractivity contribution in [2.75, 3.05) is 0 Å². The van der Waals surface area contributed by atoms with Crippen molar-refractivity contribution in [2.24, 2.45) is 0 Å². The molecule has 2 spiro atoms. The molecule has 6 rings (SSSR count). The molecule has 0 bridgehead atoms. The third kappa shape index (κ3) is 3.28. The van der Waals surface area contributed by atoms with E-state index in [1.54, 1.807) is 0 Å². The zero-order valence-electron chi connectivity index (χ0n) is 19.2. The van der Waals surface area contributed by atoms with Crippen LogP contribution in [-0.2, 0) is 23.7 Å². The van der Waals surface area contributed by atoms with Gasteiger partial charge in [-0.25, -0.2) is 4.39 Å². The topological polar surface area (TPSA) is 66.4 Å². The van der Waals surface area contributed by atoms with Gasteiger partial charge < -0.3 is 28.8 Å². The second-order valence-electron chi connectivity index (χ2n) is 10.7. The Morgan fingerprint density at radius 1 is 0.639 bits per heavy atom. The molecular formula is C23H27F7O6. The summed E-state index contributed by atoms with van der Waals surface area (Å²) in [6.45, 7) is 0. The van der Waals surface area contributed by atoms with Crippen molar-refractivity contribution < 1.29 is 59.5 Å².